The van der Waals surface area contributed by atoms with Crippen molar-refractivity contribution in [1.82, 2.24) is 15.2 Å². The molecule has 0 bridgehead atoms. The first-order chi connectivity index (χ1) is 9.86. The normalized spacial score (nSPS) is 19.8. The van der Waals surface area contributed by atoms with Crippen LogP contribution in [0.4, 0.5) is 0 Å². The van der Waals surface area contributed by atoms with Crippen molar-refractivity contribution in [3.05, 3.63) is 42.1 Å². The van der Waals surface area contributed by atoms with Gasteiger partial charge < -0.3 is 5.32 Å². The third kappa shape index (κ3) is 3.00. The zero-order chi connectivity index (χ0) is 13.8. The van der Waals surface area contributed by atoms with Crippen molar-refractivity contribution in [2.75, 3.05) is 19.6 Å². The van der Waals surface area contributed by atoms with Crippen LogP contribution in [-0.2, 0) is 6.54 Å². The standard InChI is InChI=1S/C17H23N3/c1-2-20-11-5-7-16(20)13-18-12-15-10-9-14-6-3-4-8-17(14)19-15/h3-4,6,8-10,16,18H,2,5,7,11-13H2,1H3. The largest absolute Gasteiger partial charge is 0.310 e. The van der Waals surface area contributed by atoms with Crippen LogP contribution >= 0.6 is 0 Å². The molecule has 0 aliphatic carbocycles. The van der Waals surface area contributed by atoms with E-state index in [0.717, 1.165) is 24.3 Å². The molecule has 0 spiro atoms. The first kappa shape index (κ1) is 13.5. The molecule has 2 heterocycles. The van der Waals surface area contributed by atoms with E-state index in [1.807, 2.05) is 6.07 Å². The van der Waals surface area contributed by atoms with E-state index in [9.17, 15) is 0 Å². The maximum absolute atomic E-state index is 4.70. The van der Waals surface area contributed by atoms with Gasteiger partial charge in [0.05, 0.1) is 11.2 Å². The van der Waals surface area contributed by atoms with Gasteiger partial charge in [-0.3, -0.25) is 9.88 Å². The summed E-state index contributed by atoms with van der Waals surface area (Å²) in [5.74, 6) is 0. The predicted octanol–water partition coefficient (Wildman–Crippen LogP) is 2.81. The number of nitrogens with zero attached hydrogens (tertiary/aromatic N) is 2. The van der Waals surface area contributed by atoms with E-state index in [4.69, 9.17) is 4.98 Å². The fourth-order valence-corrected chi connectivity index (χ4v) is 3.12. The average molecular weight is 269 g/mol. The smallest absolute Gasteiger partial charge is 0.0705 e. The lowest BCUT2D eigenvalue weighted by molar-refractivity contribution is 0.259. The number of aromatic nitrogens is 1. The number of likely N-dealkylation sites (tertiary alicyclic amines) is 1. The lowest BCUT2D eigenvalue weighted by Gasteiger charge is -2.22. The Balaban J connectivity index is 1.57. The molecule has 3 heteroatoms. The number of nitrogens with one attached hydrogen (secondary N) is 1. The third-order valence-corrected chi connectivity index (χ3v) is 4.25. The minimum absolute atomic E-state index is 0.709. The molecule has 1 saturated heterocycles. The highest BCUT2D eigenvalue weighted by atomic mass is 15.2. The second-order valence-corrected chi connectivity index (χ2v) is 5.55. The van der Waals surface area contributed by atoms with E-state index in [1.54, 1.807) is 0 Å². The molecular weight excluding hydrogens is 246 g/mol. The Bertz CT molecular complexity index is 567. The second-order valence-electron chi connectivity index (χ2n) is 5.55. The molecule has 1 fully saturated rings. The first-order valence-electron chi connectivity index (χ1n) is 7.66. The van der Waals surface area contributed by atoms with E-state index < -0.39 is 0 Å². The maximum atomic E-state index is 4.70. The number of para-hydroxylation sites is 1. The number of hydrogen-bond donors (Lipinski definition) is 1. The fourth-order valence-electron chi connectivity index (χ4n) is 3.12. The molecule has 1 N–H and O–H groups in total. The van der Waals surface area contributed by atoms with Crippen molar-refractivity contribution in [3.63, 3.8) is 0 Å². The molecule has 0 amide bonds. The van der Waals surface area contributed by atoms with Gasteiger partial charge in [0.2, 0.25) is 0 Å². The zero-order valence-electron chi connectivity index (χ0n) is 12.2. The van der Waals surface area contributed by atoms with Gasteiger partial charge in [0.1, 0.15) is 0 Å². The molecule has 1 aromatic heterocycles. The van der Waals surface area contributed by atoms with Gasteiger partial charge in [-0.25, -0.2) is 0 Å². The summed E-state index contributed by atoms with van der Waals surface area (Å²) >= 11 is 0. The number of pyridine rings is 1. The summed E-state index contributed by atoms with van der Waals surface area (Å²) in [6, 6.07) is 13.3. The summed E-state index contributed by atoms with van der Waals surface area (Å²) in [6.45, 7) is 6.61. The molecular formula is C17H23N3. The Hall–Kier alpha value is -1.45. The number of likely N-dealkylation sites (N-methyl/N-ethyl adjacent to an activating group) is 1. The van der Waals surface area contributed by atoms with Crippen LogP contribution in [0.2, 0.25) is 0 Å². The number of benzene rings is 1. The Morgan fingerprint density at radius 3 is 3.05 bits per heavy atom. The molecule has 106 valence electrons. The molecule has 1 aliphatic rings. The summed E-state index contributed by atoms with van der Waals surface area (Å²) in [5, 5.41) is 4.78. The van der Waals surface area contributed by atoms with Gasteiger partial charge in [0.15, 0.2) is 0 Å². The average Bonchev–Trinajstić information content (AvgIpc) is 2.95. The number of hydrogen-bond acceptors (Lipinski definition) is 3. The molecule has 1 aromatic carbocycles. The van der Waals surface area contributed by atoms with Crippen molar-refractivity contribution < 1.29 is 0 Å². The van der Waals surface area contributed by atoms with Crippen molar-refractivity contribution in [2.24, 2.45) is 0 Å². The minimum Gasteiger partial charge on any atom is -0.310 e. The Kier molecular flexibility index (Phi) is 4.28. The molecule has 0 radical (unpaired) electrons. The predicted molar refractivity (Wildman–Crippen MR) is 83.7 cm³/mol. The third-order valence-electron chi connectivity index (χ3n) is 4.25. The van der Waals surface area contributed by atoms with Crippen LogP contribution < -0.4 is 5.32 Å². The highest BCUT2D eigenvalue weighted by Gasteiger charge is 2.21. The van der Waals surface area contributed by atoms with Crippen LogP contribution in [-0.4, -0.2) is 35.6 Å². The summed E-state index contributed by atoms with van der Waals surface area (Å²) in [4.78, 5) is 7.27. The van der Waals surface area contributed by atoms with Crippen LogP contribution in [0.3, 0.4) is 0 Å². The highest BCUT2D eigenvalue weighted by molar-refractivity contribution is 5.78. The Morgan fingerprint density at radius 2 is 2.15 bits per heavy atom. The van der Waals surface area contributed by atoms with Gasteiger partial charge >= 0.3 is 0 Å². The van der Waals surface area contributed by atoms with E-state index >= 15 is 0 Å². The molecule has 1 aliphatic heterocycles. The maximum Gasteiger partial charge on any atom is 0.0705 e. The second kappa shape index (κ2) is 6.33. The lowest BCUT2D eigenvalue weighted by Crippen LogP contribution is -2.37. The molecule has 1 atom stereocenters. The molecule has 2 aromatic rings. The van der Waals surface area contributed by atoms with E-state index in [-0.39, 0.29) is 0 Å². The number of fused-ring (bicyclic) bond motifs is 1. The van der Waals surface area contributed by atoms with Crippen LogP contribution in [0.1, 0.15) is 25.5 Å². The Labute approximate surface area is 121 Å². The zero-order valence-corrected chi connectivity index (χ0v) is 12.2. The van der Waals surface area contributed by atoms with Crippen LogP contribution in [0.5, 0.6) is 0 Å². The van der Waals surface area contributed by atoms with E-state index in [1.165, 1.54) is 31.3 Å². The van der Waals surface area contributed by atoms with Gasteiger partial charge in [-0.2, -0.15) is 0 Å². The lowest BCUT2D eigenvalue weighted by atomic mass is 10.2. The monoisotopic (exact) mass is 269 g/mol. The SMILES string of the molecule is CCN1CCCC1CNCc1ccc2ccccc2n1. The van der Waals surface area contributed by atoms with Gasteiger partial charge in [0.25, 0.3) is 0 Å². The summed E-state index contributed by atoms with van der Waals surface area (Å²) in [7, 11) is 0. The van der Waals surface area contributed by atoms with Crippen molar-refractivity contribution >= 4 is 10.9 Å². The summed E-state index contributed by atoms with van der Waals surface area (Å²) in [5.41, 5.74) is 2.22. The van der Waals surface area contributed by atoms with E-state index in [0.29, 0.717) is 6.04 Å². The Morgan fingerprint density at radius 1 is 1.25 bits per heavy atom. The molecule has 3 nitrogen and oxygen atoms in total. The molecule has 20 heavy (non-hydrogen) atoms. The van der Waals surface area contributed by atoms with Gasteiger partial charge in [-0.05, 0) is 38.1 Å². The van der Waals surface area contributed by atoms with Crippen LogP contribution in [0, 0.1) is 0 Å². The first-order valence-corrected chi connectivity index (χ1v) is 7.66. The van der Waals surface area contributed by atoms with Gasteiger partial charge in [0, 0.05) is 24.5 Å². The minimum atomic E-state index is 0.709. The van der Waals surface area contributed by atoms with Crippen molar-refractivity contribution in [3.8, 4) is 0 Å². The number of rotatable bonds is 5. The van der Waals surface area contributed by atoms with Crippen LogP contribution in [0.15, 0.2) is 36.4 Å². The van der Waals surface area contributed by atoms with Gasteiger partial charge in [-0.15, -0.1) is 0 Å². The highest BCUT2D eigenvalue weighted by Crippen LogP contribution is 2.16. The molecule has 1 unspecified atom stereocenters. The van der Waals surface area contributed by atoms with Crippen LogP contribution in [0.25, 0.3) is 10.9 Å². The summed E-state index contributed by atoms with van der Waals surface area (Å²) < 4.78 is 0. The summed E-state index contributed by atoms with van der Waals surface area (Å²) in [6.07, 6.45) is 2.67. The van der Waals surface area contributed by atoms with Crippen molar-refractivity contribution in [2.45, 2.75) is 32.4 Å². The van der Waals surface area contributed by atoms with Crippen molar-refractivity contribution in [1.29, 1.82) is 0 Å². The van der Waals surface area contributed by atoms with Gasteiger partial charge in [-0.1, -0.05) is 31.2 Å². The molecule has 3 rings (SSSR count). The quantitative estimate of drug-likeness (QED) is 0.904. The fraction of sp³-hybridized carbons (Fsp3) is 0.471. The topological polar surface area (TPSA) is 28.2 Å². The molecule has 0 saturated carbocycles. The van der Waals surface area contributed by atoms with E-state index in [2.05, 4.69) is 47.5 Å².